The smallest absolute Gasteiger partial charge is 0.357 e. The molecule has 0 unspecified atom stereocenters. The predicted molar refractivity (Wildman–Crippen MR) is 115 cm³/mol. The number of anilines is 1. The molecule has 2 aromatic carbocycles. The first kappa shape index (κ1) is 21.0. The molecule has 0 spiro atoms. The molecule has 3 aromatic rings. The number of aliphatic hydroxyl groups is 1. The molecule has 0 saturated heterocycles. The van der Waals surface area contributed by atoms with Crippen molar-refractivity contribution in [2.75, 3.05) is 5.32 Å². The van der Waals surface area contributed by atoms with E-state index < -0.39 is 5.97 Å². The van der Waals surface area contributed by atoms with Crippen molar-refractivity contribution in [1.29, 1.82) is 5.26 Å². The van der Waals surface area contributed by atoms with Crippen LogP contribution in [-0.2, 0) is 17.9 Å². The normalized spacial score (nSPS) is 12.2. The van der Waals surface area contributed by atoms with E-state index in [-0.39, 0.29) is 28.2 Å². The molecular weight excluding hydrogens is 402 g/mol. The molecule has 1 heterocycles. The number of rotatable bonds is 6. The van der Waals surface area contributed by atoms with E-state index in [2.05, 4.69) is 5.32 Å². The number of carbonyl (C=O) groups is 1. The Morgan fingerprint density at radius 2 is 1.93 bits per heavy atom. The molecule has 3 rings (SSSR count). The highest BCUT2D eigenvalue weighted by atomic mass is 32.1. The van der Waals surface area contributed by atoms with Gasteiger partial charge in [0.05, 0.1) is 6.61 Å². The van der Waals surface area contributed by atoms with Gasteiger partial charge in [0.2, 0.25) is 0 Å². The van der Waals surface area contributed by atoms with Gasteiger partial charge in [-0.25, -0.2) is 4.79 Å². The van der Waals surface area contributed by atoms with Gasteiger partial charge in [-0.3, -0.25) is 9.36 Å². The lowest BCUT2D eigenvalue weighted by Gasteiger charge is -2.04. The number of hydrogen-bond acceptors (Lipinski definition) is 7. The lowest BCUT2D eigenvalue weighted by molar-refractivity contribution is -0.127. The van der Waals surface area contributed by atoms with Crippen molar-refractivity contribution in [3.63, 3.8) is 0 Å². The van der Waals surface area contributed by atoms with Crippen LogP contribution in [0.1, 0.15) is 12.5 Å². The molecule has 0 saturated carbocycles. The highest BCUT2D eigenvalue weighted by Gasteiger charge is 2.17. The van der Waals surface area contributed by atoms with E-state index in [1.807, 2.05) is 36.4 Å². The number of nitrogens with one attached hydrogen (secondary N) is 1. The summed E-state index contributed by atoms with van der Waals surface area (Å²) in [5, 5.41) is 21.7. The van der Waals surface area contributed by atoms with E-state index in [1.54, 1.807) is 25.3 Å². The van der Waals surface area contributed by atoms with Gasteiger partial charge in [-0.1, -0.05) is 30.3 Å². The molecule has 30 heavy (non-hydrogen) atoms. The molecule has 152 valence electrons. The van der Waals surface area contributed by atoms with E-state index in [4.69, 9.17) is 9.84 Å². The van der Waals surface area contributed by atoms with Gasteiger partial charge in [0, 0.05) is 18.4 Å². The average molecular weight is 421 g/mol. The quantitative estimate of drug-likeness (QED) is 0.462. The van der Waals surface area contributed by atoms with Crippen LogP contribution < -0.4 is 24.8 Å². The number of ether oxygens (including phenoxy) is 1. The molecule has 0 aliphatic carbocycles. The first-order valence-corrected chi connectivity index (χ1v) is 9.96. The average Bonchev–Trinajstić information content (AvgIpc) is 3.09. The highest BCUT2D eigenvalue weighted by Crippen LogP contribution is 2.14. The summed E-state index contributed by atoms with van der Waals surface area (Å²) in [6.07, 6.45) is 1.56. The number of esters is 1. The zero-order valence-corrected chi connectivity index (χ0v) is 17.0. The summed E-state index contributed by atoms with van der Waals surface area (Å²) in [5.74, 6) is -0.607. The van der Waals surface area contributed by atoms with Gasteiger partial charge in [0.15, 0.2) is 5.57 Å². The summed E-state index contributed by atoms with van der Waals surface area (Å²) in [5.41, 5.74) is 0.937. The standard InChI is InChI=1S/C22H19N3O4S/c1-2-25-20(27)19(13-24-16-6-4-3-5-7-16)30-21(25)18(12-23)22(28)29-17-10-8-15(14-26)9-11-17/h3-11,13,24,26H,2,14H2,1H3/b19-13+,21-18-. The Labute approximate surface area is 176 Å². The Kier molecular flexibility index (Phi) is 6.80. The summed E-state index contributed by atoms with van der Waals surface area (Å²) in [4.78, 5) is 25.3. The van der Waals surface area contributed by atoms with Crippen molar-refractivity contribution in [3.05, 3.63) is 79.7 Å². The number of nitriles is 1. The Hall–Kier alpha value is -3.67. The SMILES string of the molecule is CCn1c(=O)/c(=C\Nc2ccccc2)s/c1=C(/C#N)C(=O)Oc1ccc(CO)cc1. The van der Waals surface area contributed by atoms with E-state index in [0.717, 1.165) is 17.0 Å². The van der Waals surface area contributed by atoms with Gasteiger partial charge in [-0.15, -0.1) is 11.3 Å². The minimum atomic E-state index is -0.847. The second-order valence-corrected chi connectivity index (χ2v) is 7.18. The van der Waals surface area contributed by atoms with Crippen molar-refractivity contribution in [3.8, 4) is 11.8 Å². The fourth-order valence-electron chi connectivity index (χ4n) is 2.68. The van der Waals surface area contributed by atoms with Crippen LogP contribution in [0.3, 0.4) is 0 Å². The number of aliphatic hydroxyl groups excluding tert-OH is 1. The fraction of sp³-hybridized carbons (Fsp3) is 0.136. The number of benzene rings is 2. The number of thiazole rings is 1. The van der Waals surface area contributed by atoms with Crippen molar-refractivity contribution < 1.29 is 14.6 Å². The van der Waals surface area contributed by atoms with Crippen molar-refractivity contribution in [2.24, 2.45) is 0 Å². The number of aromatic nitrogens is 1. The van der Waals surface area contributed by atoms with Crippen LogP contribution in [0, 0.1) is 11.3 Å². The van der Waals surface area contributed by atoms with Gasteiger partial charge in [-0.2, -0.15) is 5.26 Å². The molecule has 0 fully saturated rings. The zero-order chi connectivity index (χ0) is 21.5. The van der Waals surface area contributed by atoms with Crippen LogP contribution in [0.5, 0.6) is 5.75 Å². The molecule has 1 aromatic heterocycles. The number of carbonyl (C=O) groups excluding carboxylic acids is 1. The van der Waals surface area contributed by atoms with Crippen molar-refractivity contribution >= 4 is 34.8 Å². The molecule has 0 radical (unpaired) electrons. The molecule has 0 amide bonds. The first-order valence-electron chi connectivity index (χ1n) is 9.15. The van der Waals surface area contributed by atoms with E-state index in [0.29, 0.717) is 16.6 Å². The monoisotopic (exact) mass is 421 g/mol. The summed E-state index contributed by atoms with van der Waals surface area (Å²) >= 11 is 1.05. The fourth-order valence-corrected chi connectivity index (χ4v) is 3.75. The van der Waals surface area contributed by atoms with Gasteiger partial charge in [-0.05, 0) is 36.8 Å². The zero-order valence-electron chi connectivity index (χ0n) is 16.2. The largest absolute Gasteiger partial charge is 0.422 e. The predicted octanol–water partition coefficient (Wildman–Crippen LogP) is 1.55. The highest BCUT2D eigenvalue weighted by molar-refractivity contribution is 7.07. The maximum absolute atomic E-state index is 12.7. The minimum Gasteiger partial charge on any atom is -0.422 e. The minimum absolute atomic E-state index is 0.127. The summed E-state index contributed by atoms with van der Waals surface area (Å²) in [6, 6.07) is 17.5. The third-order valence-corrected chi connectivity index (χ3v) is 5.34. The van der Waals surface area contributed by atoms with E-state index >= 15 is 0 Å². The number of para-hydroxylation sites is 1. The van der Waals surface area contributed by atoms with Crippen LogP contribution in [0.2, 0.25) is 0 Å². The topological polar surface area (TPSA) is 104 Å². The maximum Gasteiger partial charge on any atom is 0.357 e. The molecule has 0 atom stereocenters. The summed E-state index contributed by atoms with van der Waals surface area (Å²) in [6.45, 7) is 1.94. The molecule has 0 bridgehead atoms. The van der Waals surface area contributed by atoms with Crippen LogP contribution in [0.15, 0.2) is 59.4 Å². The molecular formula is C22H19N3O4S. The van der Waals surface area contributed by atoms with E-state index in [9.17, 15) is 14.9 Å². The number of hydrogen-bond donors (Lipinski definition) is 2. The van der Waals surface area contributed by atoms with E-state index in [1.165, 1.54) is 16.7 Å². The first-order chi connectivity index (χ1) is 14.6. The Morgan fingerprint density at radius 3 is 2.53 bits per heavy atom. The lowest BCUT2D eigenvalue weighted by Crippen LogP contribution is -2.33. The van der Waals surface area contributed by atoms with Gasteiger partial charge in [0.25, 0.3) is 5.56 Å². The van der Waals surface area contributed by atoms with Crippen LogP contribution in [0.4, 0.5) is 5.69 Å². The molecule has 0 aliphatic rings. The van der Waals surface area contributed by atoms with Gasteiger partial charge >= 0.3 is 5.97 Å². The molecule has 2 N–H and O–H groups in total. The van der Waals surface area contributed by atoms with Gasteiger partial charge < -0.3 is 15.2 Å². The maximum atomic E-state index is 12.7. The third-order valence-electron chi connectivity index (χ3n) is 4.21. The molecule has 8 heteroatoms. The lowest BCUT2D eigenvalue weighted by atomic mass is 10.2. The third kappa shape index (κ3) is 4.66. The van der Waals surface area contributed by atoms with Crippen LogP contribution in [-0.4, -0.2) is 15.6 Å². The molecule has 7 nitrogen and oxygen atoms in total. The summed E-state index contributed by atoms with van der Waals surface area (Å²) < 4.78 is 7.26. The van der Waals surface area contributed by atoms with Crippen LogP contribution >= 0.6 is 11.3 Å². The summed E-state index contributed by atoms with van der Waals surface area (Å²) in [7, 11) is 0. The second-order valence-electron chi connectivity index (χ2n) is 6.15. The Morgan fingerprint density at radius 1 is 1.23 bits per heavy atom. The van der Waals surface area contributed by atoms with Gasteiger partial charge in [0.1, 0.15) is 21.0 Å². The second kappa shape index (κ2) is 9.69. The number of nitrogens with zero attached hydrogens (tertiary/aromatic N) is 2. The van der Waals surface area contributed by atoms with Crippen molar-refractivity contribution in [2.45, 2.75) is 20.1 Å². The molecule has 0 aliphatic heterocycles. The van der Waals surface area contributed by atoms with Crippen molar-refractivity contribution in [1.82, 2.24) is 4.57 Å². The Balaban J connectivity index is 2.00. The van der Waals surface area contributed by atoms with Crippen LogP contribution in [0.25, 0.3) is 11.8 Å². The Bertz CT molecular complexity index is 1250.